The molecule has 0 saturated carbocycles. The Kier molecular flexibility index (Phi) is 5.47. The Morgan fingerprint density at radius 1 is 0.857 bits per heavy atom. The zero-order valence-corrected chi connectivity index (χ0v) is 15.3. The van der Waals surface area contributed by atoms with Gasteiger partial charge >= 0.3 is 10.1 Å². The molecule has 0 heterocycles. The average Bonchev–Trinajstić information content (AvgIpc) is 2.68. The van der Waals surface area contributed by atoms with E-state index in [0.29, 0.717) is 11.1 Å². The van der Waals surface area contributed by atoms with Gasteiger partial charge in [-0.1, -0.05) is 18.2 Å². The fraction of sp³-hybridized carbons (Fsp3) is 0. The summed E-state index contributed by atoms with van der Waals surface area (Å²) in [4.78, 5) is 12.1. The molecule has 0 saturated heterocycles. The van der Waals surface area contributed by atoms with Gasteiger partial charge in [0.25, 0.3) is 0 Å². The molecule has 28 heavy (non-hydrogen) atoms. The summed E-state index contributed by atoms with van der Waals surface area (Å²) in [5.41, 5.74) is 0.844. The maximum atomic E-state index is 12.2. The van der Waals surface area contributed by atoms with Gasteiger partial charge in [-0.15, -0.1) is 0 Å². The topological polar surface area (TPSA) is 101 Å². The molecule has 0 aliphatic carbocycles. The van der Waals surface area contributed by atoms with E-state index in [1.165, 1.54) is 66.7 Å². The highest BCUT2D eigenvalue weighted by molar-refractivity contribution is 7.87. The van der Waals surface area contributed by atoms with Crippen LogP contribution < -0.4 is 4.18 Å². The van der Waals surface area contributed by atoms with Crippen LogP contribution in [0.25, 0.3) is 6.08 Å². The molecular formula is C21H16O6S. The molecule has 0 aromatic heterocycles. The van der Waals surface area contributed by atoms with Gasteiger partial charge in [0, 0.05) is 11.1 Å². The van der Waals surface area contributed by atoms with Crippen LogP contribution in [0.4, 0.5) is 0 Å². The molecule has 0 aliphatic heterocycles. The minimum Gasteiger partial charge on any atom is -0.508 e. The van der Waals surface area contributed by atoms with Crippen molar-refractivity contribution in [2.45, 2.75) is 4.90 Å². The molecule has 3 aromatic rings. The molecule has 0 fully saturated rings. The number of aromatic hydroxyl groups is 2. The molecular weight excluding hydrogens is 380 g/mol. The van der Waals surface area contributed by atoms with Crippen molar-refractivity contribution in [2.75, 3.05) is 0 Å². The lowest BCUT2D eigenvalue weighted by molar-refractivity contribution is 0.104. The second-order valence-electron chi connectivity index (χ2n) is 5.81. The Balaban J connectivity index is 1.72. The number of allylic oxidation sites excluding steroid dienone is 1. The van der Waals surface area contributed by atoms with Crippen LogP contribution in [0.15, 0.2) is 83.8 Å². The van der Waals surface area contributed by atoms with Crippen LogP contribution in [0.1, 0.15) is 15.9 Å². The number of carbonyl (C=O) groups is 1. The monoisotopic (exact) mass is 396 g/mol. The molecule has 0 unspecified atom stereocenters. The highest BCUT2D eigenvalue weighted by Crippen LogP contribution is 2.22. The van der Waals surface area contributed by atoms with E-state index < -0.39 is 10.1 Å². The summed E-state index contributed by atoms with van der Waals surface area (Å²) in [6, 6.07) is 17.2. The standard InChI is InChI=1S/C21H16O6S/c22-17-8-12-19(13-9-17)28(25,26)27-18-10-5-16(6-11-18)21(24)14-7-15-3-1-2-4-20(15)23/h1-14,22-23H. The molecule has 0 spiro atoms. The Hall–Kier alpha value is -3.58. The van der Waals surface area contributed by atoms with E-state index in [-0.39, 0.29) is 27.9 Å². The van der Waals surface area contributed by atoms with Gasteiger partial charge < -0.3 is 14.4 Å². The molecule has 0 atom stereocenters. The van der Waals surface area contributed by atoms with Crippen LogP contribution in [0.5, 0.6) is 17.2 Å². The Bertz CT molecular complexity index is 1110. The molecule has 0 bridgehead atoms. The van der Waals surface area contributed by atoms with Crippen LogP contribution in [-0.2, 0) is 10.1 Å². The van der Waals surface area contributed by atoms with Crippen LogP contribution in [0.2, 0.25) is 0 Å². The smallest absolute Gasteiger partial charge is 0.339 e. The summed E-state index contributed by atoms with van der Waals surface area (Å²) in [5, 5.41) is 18.9. The third-order valence-corrected chi connectivity index (χ3v) is 5.08. The molecule has 0 amide bonds. The molecule has 3 aromatic carbocycles. The molecule has 142 valence electrons. The first-order chi connectivity index (χ1) is 13.3. The van der Waals surface area contributed by atoms with Crippen molar-refractivity contribution >= 4 is 22.0 Å². The SMILES string of the molecule is O=C(C=Cc1ccccc1O)c1ccc(OS(=O)(=O)c2ccc(O)cc2)cc1. The maximum absolute atomic E-state index is 12.2. The van der Waals surface area contributed by atoms with Crippen molar-refractivity contribution in [1.82, 2.24) is 0 Å². The zero-order chi connectivity index (χ0) is 20.1. The van der Waals surface area contributed by atoms with Gasteiger partial charge in [-0.3, -0.25) is 4.79 Å². The van der Waals surface area contributed by atoms with E-state index in [9.17, 15) is 23.4 Å². The van der Waals surface area contributed by atoms with Gasteiger partial charge in [0.05, 0.1) is 0 Å². The van der Waals surface area contributed by atoms with Crippen molar-refractivity contribution in [3.05, 3.63) is 90.0 Å². The van der Waals surface area contributed by atoms with Gasteiger partial charge in [-0.2, -0.15) is 8.42 Å². The molecule has 3 rings (SSSR count). The second kappa shape index (κ2) is 7.98. The number of para-hydroxylation sites is 1. The average molecular weight is 396 g/mol. The van der Waals surface area contributed by atoms with Gasteiger partial charge in [0.15, 0.2) is 5.78 Å². The first-order valence-corrected chi connectivity index (χ1v) is 9.60. The predicted molar refractivity (Wildman–Crippen MR) is 104 cm³/mol. The first kappa shape index (κ1) is 19.2. The van der Waals surface area contributed by atoms with E-state index >= 15 is 0 Å². The number of phenolic OH excluding ortho intramolecular Hbond substituents is 2. The quantitative estimate of drug-likeness (QED) is 0.374. The fourth-order valence-electron chi connectivity index (χ4n) is 2.35. The van der Waals surface area contributed by atoms with Crippen molar-refractivity contribution in [2.24, 2.45) is 0 Å². The normalized spacial score (nSPS) is 11.4. The number of hydrogen-bond acceptors (Lipinski definition) is 6. The molecule has 0 radical (unpaired) electrons. The highest BCUT2D eigenvalue weighted by Gasteiger charge is 2.16. The maximum Gasteiger partial charge on any atom is 0.339 e. The molecule has 7 heteroatoms. The summed E-state index contributed by atoms with van der Waals surface area (Å²) in [6.45, 7) is 0. The Morgan fingerprint density at radius 2 is 1.50 bits per heavy atom. The molecule has 6 nitrogen and oxygen atoms in total. The third-order valence-electron chi connectivity index (χ3n) is 3.82. The fourth-order valence-corrected chi connectivity index (χ4v) is 3.28. The minimum atomic E-state index is -4.05. The second-order valence-corrected chi connectivity index (χ2v) is 7.36. The molecule has 0 aliphatic rings. The predicted octanol–water partition coefficient (Wildman–Crippen LogP) is 3.76. The van der Waals surface area contributed by atoms with Crippen molar-refractivity contribution in [3.63, 3.8) is 0 Å². The van der Waals surface area contributed by atoms with Crippen molar-refractivity contribution in [1.29, 1.82) is 0 Å². The van der Waals surface area contributed by atoms with Crippen LogP contribution >= 0.6 is 0 Å². The number of benzene rings is 3. The lowest BCUT2D eigenvalue weighted by atomic mass is 10.1. The van der Waals surface area contributed by atoms with Gasteiger partial charge in [-0.05, 0) is 66.7 Å². The first-order valence-electron chi connectivity index (χ1n) is 8.19. The van der Waals surface area contributed by atoms with Crippen molar-refractivity contribution < 1.29 is 27.6 Å². The van der Waals surface area contributed by atoms with E-state index in [1.807, 2.05) is 0 Å². The van der Waals surface area contributed by atoms with Crippen LogP contribution in [0, 0.1) is 0 Å². The van der Waals surface area contributed by atoms with Crippen molar-refractivity contribution in [3.8, 4) is 17.2 Å². The summed E-state index contributed by atoms with van der Waals surface area (Å²) < 4.78 is 29.5. The number of carbonyl (C=O) groups excluding carboxylic acids is 1. The van der Waals surface area contributed by atoms with Gasteiger partial charge in [-0.25, -0.2) is 0 Å². The lowest BCUT2D eigenvalue weighted by Crippen LogP contribution is -2.09. The summed E-state index contributed by atoms with van der Waals surface area (Å²) >= 11 is 0. The summed E-state index contributed by atoms with van der Waals surface area (Å²) in [6.07, 6.45) is 2.81. The van der Waals surface area contributed by atoms with Gasteiger partial charge in [0.1, 0.15) is 22.1 Å². The van der Waals surface area contributed by atoms with Crippen LogP contribution in [-0.4, -0.2) is 24.4 Å². The summed E-state index contributed by atoms with van der Waals surface area (Å²) in [7, 11) is -4.05. The lowest BCUT2D eigenvalue weighted by Gasteiger charge is -2.07. The number of phenols is 2. The van der Waals surface area contributed by atoms with E-state index in [0.717, 1.165) is 0 Å². The number of ketones is 1. The number of rotatable bonds is 6. The van der Waals surface area contributed by atoms with E-state index in [4.69, 9.17) is 4.18 Å². The van der Waals surface area contributed by atoms with E-state index in [1.54, 1.807) is 18.2 Å². The minimum absolute atomic E-state index is 0.0503. The highest BCUT2D eigenvalue weighted by atomic mass is 32.2. The largest absolute Gasteiger partial charge is 0.508 e. The summed E-state index contributed by atoms with van der Waals surface area (Å²) in [5.74, 6) is -0.251. The Labute approximate surface area is 162 Å². The van der Waals surface area contributed by atoms with E-state index in [2.05, 4.69) is 0 Å². The Morgan fingerprint density at radius 3 is 2.14 bits per heavy atom. The molecule has 2 N–H and O–H groups in total. The zero-order valence-electron chi connectivity index (χ0n) is 14.5. The third kappa shape index (κ3) is 4.57. The number of hydrogen-bond donors (Lipinski definition) is 2. The van der Waals surface area contributed by atoms with Crippen LogP contribution in [0.3, 0.4) is 0 Å². The van der Waals surface area contributed by atoms with Gasteiger partial charge in [0.2, 0.25) is 0 Å².